The summed E-state index contributed by atoms with van der Waals surface area (Å²) in [5.74, 6) is 1.01. The van der Waals surface area contributed by atoms with E-state index in [1.807, 2.05) is 12.1 Å². The molecule has 1 unspecified atom stereocenters. The highest BCUT2D eigenvalue weighted by molar-refractivity contribution is 5.26. The van der Waals surface area contributed by atoms with E-state index in [0.29, 0.717) is 11.7 Å². The molecule has 0 saturated carbocycles. The molecule has 3 rings (SSSR count). The van der Waals surface area contributed by atoms with Crippen molar-refractivity contribution in [1.29, 1.82) is 0 Å². The van der Waals surface area contributed by atoms with Crippen LogP contribution in [0.4, 0.5) is 0 Å². The predicted molar refractivity (Wildman–Crippen MR) is 77.2 cm³/mol. The van der Waals surface area contributed by atoms with Gasteiger partial charge in [0.1, 0.15) is 5.75 Å². The van der Waals surface area contributed by atoms with Gasteiger partial charge in [-0.3, -0.25) is 4.90 Å². The van der Waals surface area contributed by atoms with Crippen LogP contribution < -0.4 is 0 Å². The molecule has 2 nitrogen and oxygen atoms in total. The molecule has 0 aromatic heterocycles. The van der Waals surface area contributed by atoms with E-state index in [1.54, 1.807) is 12.1 Å². The molecule has 2 heteroatoms. The summed E-state index contributed by atoms with van der Waals surface area (Å²) in [7, 11) is 0. The van der Waals surface area contributed by atoms with Gasteiger partial charge in [-0.2, -0.15) is 0 Å². The first-order chi connectivity index (χ1) is 9.31. The van der Waals surface area contributed by atoms with Gasteiger partial charge in [0.25, 0.3) is 0 Å². The summed E-state index contributed by atoms with van der Waals surface area (Å²) < 4.78 is 0. The van der Waals surface area contributed by atoms with Crippen molar-refractivity contribution in [3.05, 3.63) is 65.7 Å². The van der Waals surface area contributed by atoms with Gasteiger partial charge < -0.3 is 5.11 Å². The van der Waals surface area contributed by atoms with E-state index in [-0.39, 0.29) is 0 Å². The molecule has 1 heterocycles. The first-order valence-electron chi connectivity index (χ1n) is 6.86. The van der Waals surface area contributed by atoms with Crippen LogP contribution in [0.5, 0.6) is 5.75 Å². The van der Waals surface area contributed by atoms with Crippen LogP contribution in [0, 0.1) is 0 Å². The second-order valence-electron chi connectivity index (χ2n) is 5.30. The SMILES string of the molecule is Oc1ccc(CN2CCC(c3ccccc3)C2)cc1. The first kappa shape index (κ1) is 12.2. The zero-order valence-corrected chi connectivity index (χ0v) is 11.0. The maximum absolute atomic E-state index is 9.29. The Bertz CT molecular complexity index is 521. The van der Waals surface area contributed by atoms with Gasteiger partial charge in [0.15, 0.2) is 0 Å². The molecule has 98 valence electrons. The summed E-state index contributed by atoms with van der Waals surface area (Å²) in [6.07, 6.45) is 1.24. The van der Waals surface area contributed by atoms with Crippen LogP contribution in [0.25, 0.3) is 0 Å². The summed E-state index contributed by atoms with van der Waals surface area (Å²) in [5, 5.41) is 9.29. The highest BCUT2D eigenvalue weighted by atomic mass is 16.3. The van der Waals surface area contributed by atoms with Crippen molar-refractivity contribution in [2.24, 2.45) is 0 Å². The van der Waals surface area contributed by atoms with Gasteiger partial charge in [-0.25, -0.2) is 0 Å². The molecule has 2 aromatic rings. The van der Waals surface area contributed by atoms with E-state index in [4.69, 9.17) is 0 Å². The van der Waals surface area contributed by atoms with Gasteiger partial charge in [0, 0.05) is 13.1 Å². The van der Waals surface area contributed by atoms with Crippen molar-refractivity contribution >= 4 is 0 Å². The fourth-order valence-corrected chi connectivity index (χ4v) is 2.83. The Hall–Kier alpha value is -1.80. The zero-order valence-electron chi connectivity index (χ0n) is 11.0. The van der Waals surface area contributed by atoms with Crippen molar-refractivity contribution in [3.63, 3.8) is 0 Å². The number of aromatic hydroxyl groups is 1. The van der Waals surface area contributed by atoms with Crippen LogP contribution in [0.3, 0.4) is 0 Å². The van der Waals surface area contributed by atoms with Crippen molar-refractivity contribution in [2.75, 3.05) is 13.1 Å². The Morgan fingerprint density at radius 2 is 1.74 bits per heavy atom. The Balaban J connectivity index is 1.62. The highest BCUT2D eigenvalue weighted by Gasteiger charge is 2.23. The topological polar surface area (TPSA) is 23.5 Å². The maximum atomic E-state index is 9.29. The molecule has 19 heavy (non-hydrogen) atoms. The van der Waals surface area contributed by atoms with Gasteiger partial charge >= 0.3 is 0 Å². The zero-order chi connectivity index (χ0) is 13.1. The number of hydrogen-bond acceptors (Lipinski definition) is 2. The number of hydrogen-bond donors (Lipinski definition) is 1. The number of benzene rings is 2. The average Bonchev–Trinajstić information content (AvgIpc) is 2.91. The molecular formula is C17H19NO. The van der Waals surface area contributed by atoms with Gasteiger partial charge in [0.2, 0.25) is 0 Å². The number of rotatable bonds is 3. The molecule has 1 saturated heterocycles. The summed E-state index contributed by atoms with van der Waals surface area (Å²) in [6.45, 7) is 3.26. The van der Waals surface area contributed by atoms with Crippen LogP contribution in [-0.4, -0.2) is 23.1 Å². The predicted octanol–water partition coefficient (Wildman–Crippen LogP) is 3.38. The fraction of sp³-hybridized carbons (Fsp3) is 0.294. The van der Waals surface area contributed by atoms with E-state index in [1.165, 1.54) is 17.5 Å². The molecular weight excluding hydrogens is 234 g/mol. The van der Waals surface area contributed by atoms with Crippen molar-refractivity contribution in [3.8, 4) is 5.75 Å². The Morgan fingerprint density at radius 3 is 2.47 bits per heavy atom. The van der Waals surface area contributed by atoms with E-state index in [2.05, 4.69) is 35.2 Å². The minimum atomic E-state index is 0.340. The molecule has 0 amide bonds. The standard InChI is InChI=1S/C17H19NO/c19-17-8-6-14(7-9-17)12-18-11-10-16(13-18)15-4-2-1-3-5-15/h1-9,16,19H,10-13H2. The third-order valence-electron chi connectivity index (χ3n) is 3.89. The first-order valence-corrected chi connectivity index (χ1v) is 6.86. The molecule has 0 spiro atoms. The third kappa shape index (κ3) is 2.96. The van der Waals surface area contributed by atoms with Gasteiger partial charge in [0.05, 0.1) is 0 Å². The molecule has 0 radical (unpaired) electrons. The normalized spacial score (nSPS) is 19.7. The number of phenols is 1. The molecule has 1 fully saturated rings. The molecule has 1 N–H and O–H groups in total. The smallest absolute Gasteiger partial charge is 0.115 e. The van der Waals surface area contributed by atoms with Crippen LogP contribution >= 0.6 is 0 Å². The summed E-state index contributed by atoms with van der Waals surface area (Å²) in [6, 6.07) is 18.3. The van der Waals surface area contributed by atoms with Gasteiger partial charge in [-0.15, -0.1) is 0 Å². The van der Waals surface area contributed by atoms with Crippen LogP contribution in [0.2, 0.25) is 0 Å². The van der Waals surface area contributed by atoms with Crippen LogP contribution in [0.1, 0.15) is 23.5 Å². The maximum Gasteiger partial charge on any atom is 0.115 e. The summed E-state index contributed by atoms with van der Waals surface area (Å²) >= 11 is 0. The van der Waals surface area contributed by atoms with E-state index in [9.17, 15) is 5.11 Å². The second-order valence-corrected chi connectivity index (χ2v) is 5.30. The lowest BCUT2D eigenvalue weighted by Gasteiger charge is -2.16. The monoisotopic (exact) mass is 253 g/mol. The average molecular weight is 253 g/mol. The minimum Gasteiger partial charge on any atom is -0.508 e. The number of nitrogens with zero attached hydrogens (tertiary/aromatic N) is 1. The van der Waals surface area contributed by atoms with Crippen LogP contribution in [0.15, 0.2) is 54.6 Å². The molecule has 1 atom stereocenters. The molecule has 1 aliphatic heterocycles. The minimum absolute atomic E-state index is 0.340. The lowest BCUT2D eigenvalue weighted by molar-refractivity contribution is 0.326. The van der Waals surface area contributed by atoms with E-state index >= 15 is 0 Å². The molecule has 0 bridgehead atoms. The van der Waals surface area contributed by atoms with Crippen molar-refractivity contribution < 1.29 is 5.11 Å². The lowest BCUT2D eigenvalue weighted by atomic mass is 9.99. The Morgan fingerprint density at radius 1 is 1.00 bits per heavy atom. The van der Waals surface area contributed by atoms with E-state index < -0.39 is 0 Å². The highest BCUT2D eigenvalue weighted by Crippen LogP contribution is 2.28. The summed E-state index contributed by atoms with van der Waals surface area (Å²) in [4.78, 5) is 2.49. The van der Waals surface area contributed by atoms with Gasteiger partial charge in [-0.05, 0) is 42.1 Å². The number of phenolic OH excluding ortho intramolecular Hbond substituents is 1. The molecule has 2 aromatic carbocycles. The van der Waals surface area contributed by atoms with Crippen molar-refractivity contribution in [1.82, 2.24) is 4.90 Å². The second kappa shape index (κ2) is 5.45. The summed E-state index contributed by atoms with van der Waals surface area (Å²) in [5.41, 5.74) is 2.72. The molecule has 1 aliphatic rings. The quantitative estimate of drug-likeness (QED) is 0.906. The Kier molecular flexibility index (Phi) is 3.51. The third-order valence-corrected chi connectivity index (χ3v) is 3.89. The lowest BCUT2D eigenvalue weighted by Crippen LogP contribution is -2.19. The largest absolute Gasteiger partial charge is 0.508 e. The molecule has 0 aliphatic carbocycles. The van der Waals surface area contributed by atoms with Crippen LogP contribution in [-0.2, 0) is 6.54 Å². The van der Waals surface area contributed by atoms with E-state index in [0.717, 1.165) is 19.6 Å². The Labute approximate surface area is 114 Å². The fourth-order valence-electron chi connectivity index (χ4n) is 2.83. The van der Waals surface area contributed by atoms with Gasteiger partial charge in [-0.1, -0.05) is 42.5 Å². The number of likely N-dealkylation sites (tertiary alicyclic amines) is 1. The van der Waals surface area contributed by atoms with Crippen molar-refractivity contribution in [2.45, 2.75) is 18.9 Å².